The highest BCUT2D eigenvalue weighted by molar-refractivity contribution is 7.80. The van der Waals surface area contributed by atoms with Crippen LogP contribution >= 0.6 is 23.8 Å². The second-order valence-corrected chi connectivity index (χ2v) is 7.29. The average Bonchev–Trinajstić information content (AvgIpc) is 3.20. The molecule has 2 amide bonds. The molecule has 0 unspecified atom stereocenters. The number of carbonyl (C=O) groups excluding carboxylic acids is 2. The van der Waals surface area contributed by atoms with Gasteiger partial charge in [0.15, 0.2) is 5.11 Å². The van der Waals surface area contributed by atoms with Gasteiger partial charge in [0.05, 0.1) is 16.3 Å². The highest BCUT2D eigenvalue weighted by Gasteiger charge is 2.34. The Bertz CT molecular complexity index is 1270. The second kappa shape index (κ2) is 8.17. The van der Waals surface area contributed by atoms with E-state index in [0.29, 0.717) is 22.0 Å². The number of benzene rings is 2. The zero-order chi connectivity index (χ0) is 22.1. The lowest BCUT2D eigenvalue weighted by Gasteiger charge is -2.28. The summed E-state index contributed by atoms with van der Waals surface area (Å²) in [7, 11) is 0. The monoisotopic (exact) mass is 452 g/mol. The standard InChI is InChI=1S/C22H13ClN2O5S/c23-17-8-6-12(21(28)29)10-15(17)18-9-7-14(30-18)11-16-19(26)24-22(31)25(20(16)27)13-4-2-1-3-5-13/h1-11H,(H,28,29)(H,24,26,31)/b16-11-. The summed E-state index contributed by atoms with van der Waals surface area (Å²) in [5.74, 6) is -1.84. The van der Waals surface area contributed by atoms with Gasteiger partial charge in [-0.25, -0.2) is 4.79 Å². The van der Waals surface area contributed by atoms with Crippen LogP contribution in [0.4, 0.5) is 5.69 Å². The van der Waals surface area contributed by atoms with Crippen molar-refractivity contribution >= 4 is 58.5 Å². The number of carboxylic acid groups (broad SMARTS) is 1. The van der Waals surface area contributed by atoms with E-state index in [0.717, 1.165) is 0 Å². The third-order valence-corrected chi connectivity index (χ3v) is 5.12. The average molecular weight is 453 g/mol. The summed E-state index contributed by atoms with van der Waals surface area (Å²) in [6.07, 6.45) is 1.30. The van der Waals surface area contributed by atoms with E-state index in [2.05, 4.69) is 5.32 Å². The first-order chi connectivity index (χ1) is 14.8. The van der Waals surface area contributed by atoms with E-state index in [4.69, 9.17) is 28.2 Å². The van der Waals surface area contributed by atoms with Crippen LogP contribution in [0.5, 0.6) is 0 Å². The topological polar surface area (TPSA) is 99.9 Å². The first kappa shape index (κ1) is 20.5. The number of anilines is 1. The van der Waals surface area contributed by atoms with Crippen molar-refractivity contribution in [3.8, 4) is 11.3 Å². The molecule has 1 aliphatic heterocycles. The second-order valence-electron chi connectivity index (χ2n) is 6.50. The number of hydrogen-bond donors (Lipinski definition) is 2. The minimum Gasteiger partial charge on any atom is -0.478 e. The molecule has 4 rings (SSSR count). The Morgan fingerprint density at radius 2 is 1.84 bits per heavy atom. The first-order valence-corrected chi connectivity index (χ1v) is 9.73. The minimum absolute atomic E-state index is 0.0178. The van der Waals surface area contributed by atoms with E-state index < -0.39 is 17.8 Å². The van der Waals surface area contributed by atoms with E-state index in [1.54, 1.807) is 42.5 Å². The largest absolute Gasteiger partial charge is 0.478 e. The summed E-state index contributed by atoms with van der Waals surface area (Å²) in [6.45, 7) is 0. The van der Waals surface area contributed by atoms with Crippen LogP contribution in [0.15, 0.2) is 70.7 Å². The molecule has 3 aromatic rings. The van der Waals surface area contributed by atoms with Crippen LogP contribution in [0.2, 0.25) is 5.02 Å². The fourth-order valence-electron chi connectivity index (χ4n) is 3.03. The SMILES string of the molecule is O=C1NC(=S)N(c2ccccc2)C(=O)/C1=C\c1ccc(-c2cc(C(=O)O)ccc2Cl)o1. The summed E-state index contributed by atoms with van der Waals surface area (Å²) < 4.78 is 5.72. The maximum absolute atomic E-state index is 13.0. The third-order valence-electron chi connectivity index (χ3n) is 4.51. The zero-order valence-corrected chi connectivity index (χ0v) is 17.2. The molecule has 0 radical (unpaired) electrons. The van der Waals surface area contributed by atoms with Gasteiger partial charge >= 0.3 is 5.97 Å². The number of carbonyl (C=O) groups is 3. The quantitative estimate of drug-likeness (QED) is 0.351. The van der Waals surface area contributed by atoms with Crippen molar-refractivity contribution in [3.05, 3.63) is 82.6 Å². The zero-order valence-electron chi connectivity index (χ0n) is 15.7. The Labute approximate surface area is 186 Å². The van der Waals surface area contributed by atoms with E-state index >= 15 is 0 Å². The highest BCUT2D eigenvalue weighted by atomic mass is 35.5. The van der Waals surface area contributed by atoms with Gasteiger partial charge in [0.25, 0.3) is 11.8 Å². The van der Waals surface area contributed by atoms with Gasteiger partial charge in [0, 0.05) is 5.56 Å². The van der Waals surface area contributed by atoms with Crippen molar-refractivity contribution in [1.29, 1.82) is 0 Å². The summed E-state index contributed by atoms with van der Waals surface area (Å²) in [5, 5.41) is 12.0. The van der Waals surface area contributed by atoms with Crippen molar-refractivity contribution in [3.63, 3.8) is 0 Å². The van der Waals surface area contributed by atoms with E-state index in [9.17, 15) is 19.5 Å². The van der Waals surface area contributed by atoms with Crippen LogP contribution in [0.1, 0.15) is 16.1 Å². The van der Waals surface area contributed by atoms with Crippen molar-refractivity contribution in [2.24, 2.45) is 0 Å². The van der Waals surface area contributed by atoms with Gasteiger partial charge in [-0.3, -0.25) is 19.8 Å². The molecule has 0 spiro atoms. The Balaban J connectivity index is 1.69. The molecule has 2 aromatic carbocycles. The lowest BCUT2D eigenvalue weighted by Crippen LogP contribution is -2.54. The molecule has 1 fully saturated rings. The lowest BCUT2D eigenvalue weighted by atomic mass is 10.1. The molecule has 0 saturated carbocycles. The number of para-hydroxylation sites is 1. The molecule has 1 aromatic heterocycles. The predicted octanol–water partition coefficient (Wildman–Crippen LogP) is 4.13. The number of rotatable bonds is 4. The molecule has 2 N–H and O–H groups in total. The molecule has 7 nitrogen and oxygen atoms in total. The molecule has 1 saturated heterocycles. The number of nitrogens with zero attached hydrogens (tertiary/aromatic N) is 1. The van der Waals surface area contributed by atoms with Gasteiger partial charge in [-0.2, -0.15) is 0 Å². The number of aromatic carboxylic acids is 1. The van der Waals surface area contributed by atoms with Crippen molar-refractivity contribution in [1.82, 2.24) is 5.32 Å². The third kappa shape index (κ3) is 3.98. The molecule has 0 bridgehead atoms. The van der Waals surface area contributed by atoms with Gasteiger partial charge in [0.2, 0.25) is 0 Å². The number of thiocarbonyl (C=S) groups is 1. The number of amides is 2. The number of nitrogens with one attached hydrogen (secondary N) is 1. The van der Waals surface area contributed by atoms with Crippen LogP contribution < -0.4 is 10.2 Å². The maximum Gasteiger partial charge on any atom is 0.335 e. The fourth-order valence-corrected chi connectivity index (χ4v) is 3.53. The summed E-state index contributed by atoms with van der Waals surface area (Å²) >= 11 is 11.3. The van der Waals surface area contributed by atoms with Crippen LogP contribution in [-0.4, -0.2) is 28.0 Å². The van der Waals surface area contributed by atoms with Crippen LogP contribution in [0, 0.1) is 0 Å². The van der Waals surface area contributed by atoms with Crippen molar-refractivity contribution < 1.29 is 23.9 Å². The predicted molar refractivity (Wildman–Crippen MR) is 119 cm³/mol. The van der Waals surface area contributed by atoms with Crippen LogP contribution in [-0.2, 0) is 9.59 Å². The molecule has 9 heteroatoms. The van der Waals surface area contributed by atoms with Crippen LogP contribution in [0.25, 0.3) is 17.4 Å². The lowest BCUT2D eigenvalue weighted by molar-refractivity contribution is -0.122. The van der Waals surface area contributed by atoms with E-state index in [1.807, 2.05) is 0 Å². The Kier molecular flexibility index (Phi) is 5.41. The number of carboxylic acids is 1. The Morgan fingerprint density at radius 3 is 2.55 bits per heavy atom. The van der Waals surface area contributed by atoms with Crippen LogP contribution in [0.3, 0.4) is 0 Å². The summed E-state index contributed by atoms with van der Waals surface area (Å²) in [6, 6.07) is 16.0. The van der Waals surface area contributed by atoms with Gasteiger partial charge in [-0.15, -0.1) is 0 Å². The minimum atomic E-state index is -1.10. The Hall–Kier alpha value is -3.75. The normalized spacial score (nSPS) is 15.3. The van der Waals surface area contributed by atoms with Gasteiger partial charge in [-0.05, 0) is 60.8 Å². The molecule has 2 heterocycles. The van der Waals surface area contributed by atoms with Crippen molar-refractivity contribution in [2.75, 3.05) is 4.90 Å². The maximum atomic E-state index is 13.0. The summed E-state index contributed by atoms with van der Waals surface area (Å²) in [5.41, 5.74) is 0.770. The smallest absolute Gasteiger partial charge is 0.335 e. The molecule has 0 atom stereocenters. The molecule has 1 aliphatic rings. The number of hydrogen-bond acceptors (Lipinski definition) is 5. The molecular weight excluding hydrogens is 440 g/mol. The van der Waals surface area contributed by atoms with Gasteiger partial charge < -0.3 is 9.52 Å². The molecule has 154 valence electrons. The van der Waals surface area contributed by atoms with Gasteiger partial charge in [0.1, 0.15) is 17.1 Å². The summed E-state index contributed by atoms with van der Waals surface area (Å²) in [4.78, 5) is 37.8. The molecular formula is C22H13ClN2O5S. The molecule has 0 aliphatic carbocycles. The highest BCUT2D eigenvalue weighted by Crippen LogP contribution is 2.31. The molecule has 31 heavy (non-hydrogen) atoms. The van der Waals surface area contributed by atoms with E-state index in [-0.39, 0.29) is 22.0 Å². The first-order valence-electron chi connectivity index (χ1n) is 8.94. The van der Waals surface area contributed by atoms with Gasteiger partial charge in [-0.1, -0.05) is 29.8 Å². The van der Waals surface area contributed by atoms with Crippen molar-refractivity contribution in [2.45, 2.75) is 0 Å². The number of furan rings is 1. The number of halogens is 1. The van der Waals surface area contributed by atoms with E-state index in [1.165, 1.54) is 29.2 Å². The Morgan fingerprint density at radius 1 is 1.10 bits per heavy atom. The fraction of sp³-hybridized carbons (Fsp3) is 0.